The molecular weight excluding hydrogens is 274 g/mol. The zero-order chi connectivity index (χ0) is 14.4. The largest absolute Gasteiger partial charge is 0.316 e. The molecule has 2 fully saturated rings. The van der Waals surface area contributed by atoms with Gasteiger partial charge in [-0.25, -0.2) is 12.7 Å². The van der Waals surface area contributed by atoms with Gasteiger partial charge in [0.1, 0.15) is 0 Å². The van der Waals surface area contributed by atoms with E-state index >= 15 is 0 Å². The molecule has 2 saturated heterocycles. The standard InChI is InChI=1S/C14H29N3O2S/c1-2-15-7-12-20(18,19)17-10-5-14(6-11-17)13-16-8-3-4-9-16/h14-15H,2-13H2,1H3. The third kappa shape index (κ3) is 4.69. The van der Waals surface area contributed by atoms with Gasteiger partial charge in [-0.15, -0.1) is 0 Å². The molecule has 0 unspecified atom stereocenters. The molecule has 1 N–H and O–H groups in total. The maximum absolute atomic E-state index is 12.2. The molecular formula is C14H29N3O2S. The van der Waals surface area contributed by atoms with Crippen molar-refractivity contribution in [3.8, 4) is 0 Å². The number of nitrogens with one attached hydrogen (secondary N) is 1. The van der Waals surface area contributed by atoms with E-state index in [2.05, 4.69) is 10.2 Å². The Kier molecular flexibility index (Phi) is 6.26. The van der Waals surface area contributed by atoms with Crippen LogP contribution in [0.15, 0.2) is 0 Å². The van der Waals surface area contributed by atoms with Crippen LogP contribution in [-0.2, 0) is 10.0 Å². The highest BCUT2D eigenvalue weighted by molar-refractivity contribution is 7.89. The number of hydrogen-bond acceptors (Lipinski definition) is 4. The van der Waals surface area contributed by atoms with Crippen molar-refractivity contribution in [2.24, 2.45) is 5.92 Å². The fourth-order valence-electron chi connectivity index (χ4n) is 3.21. The summed E-state index contributed by atoms with van der Waals surface area (Å²) in [5.41, 5.74) is 0. The van der Waals surface area contributed by atoms with Crippen molar-refractivity contribution in [3.05, 3.63) is 0 Å². The molecule has 2 aliphatic rings. The number of rotatable bonds is 7. The van der Waals surface area contributed by atoms with Crippen molar-refractivity contribution in [1.82, 2.24) is 14.5 Å². The third-order valence-corrected chi connectivity index (χ3v) is 6.34. The van der Waals surface area contributed by atoms with E-state index in [4.69, 9.17) is 0 Å². The first-order chi connectivity index (χ1) is 9.62. The second-order valence-corrected chi connectivity index (χ2v) is 8.11. The first-order valence-electron chi connectivity index (χ1n) is 8.02. The Morgan fingerprint density at radius 1 is 1.10 bits per heavy atom. The molecule has 0 atom stereocenters. The van der Waals surface area contributed by atoms with Crippen LogP contribution >= 0.6 is 0 Å². The van der Waals surface area contributed by atoms with Crippen LogP contribution in [0.5, 0.6) is 0 Å². The topological polar surface area (TPSA) is 52.7 Å². The molecule has 5 nitrogen and oxygen atoms in total. The lowest BCUT2D eigenvalue weighted by molar-refractivity contribution is 0.206. The summed E-state index contributed by atoms with van der Waals surface area (Å²) in [6.45, 7) is 8.46. The average Bonchev–Trinajstić information content (AvgIpc) is 2.92. The Morgan fingerprint density at radius 3 is 2.35 bits per heavy atom. The zero-order valence-corrected chi connectivity index (χ0v) is 13.5. The normalized spacial score (nSPS) is 23.4. The van der Waals surface area contributed by atoms with Crippen molar-refractivity contribution in [3.63, 3.8) is 0 Å². The van der Waals surface area contributed by atoms with Gasteiger partial charge in [-0.2, -0.15) is 0 Å². The van der Waals surface area contributed by atoms with Gasteiger partial charge in [0, 0.05) is 26.2 Å². The van der Waals surface area contributed by atoms with E-state index in [1.165, 1.54) is 32.5 Å². The maximum Gasteiger partial charge on any atom is 0.215 e. The molecule has 20 heavy (non-hydrogen) atoms. The second kappa shape index (κ2) is 7.73. The van der Waals surface area contributed by atoms with Crippen LogP contribution in [-0.4, -0.2) is 69.2 Å². The molecule has 2 rings (SSSR count). The van der Waals surface area contributed by atoms with Gasteiger partial charge in [-0.05, 0) is 51.2 Å². The fourth-order valence-corrected chi connectivity index (χ4v) is 4.64. The van der Waals surface area contributed by atoms with Crippen LogP contribution < -0.4 is 5.32 Å². The lowest BCUT2D eigenvalue weighted by Gasteiger charge is -2.33. The number of sulfonamides is 1. The molecule has 118 valence electrons. The van der Waals surface area contributed by atoms with Gasteiger partial charge in [-0.1, -0.05) is 6.92 Å². The molecule has 0 saturated carbocycles. The minimum Gasteiger partial charge on any atom is -0.316 e. The number of likely N-dealkylation sites (tertiary alicyclic amines) is 1. The van der Waals surface area contributed by atoms with Crippen LogP contribution in [0.25, 0.3) is 0 Å². The Labute approximate surface area is 123 Å². The molecule has 0 spiro atoms. The van der Waals surface area contributed by atoms with Crippen LogP contribution in [0.2, 0.25) is 0 Å². The Morgan fingerprint density at radius 2 is 1.75 bits per heavy atom. The molecule has 0 amide bonds. The predicted molar refractivity (Wildman–Crippen MR) is 82.3 cm³/mol. The van der Waals surface area contributed by atoms with Gasteiger partial charge in [-0.3, -0.25) is 0 Å². The summed E-state index contributed by atoms with van der Waals surface area (Å²) in [6.07, 6.45) is 4.71. The highest BCUT2D eigenvalue weighted by atomic mass is 32.2. The zero-order valence-electron chi connectivity index (χ0n) is 12.7. The predicted octanol–water partition coefficient (Wildman–Crippen LogP) is 0.734. The number of piperidine rings is 1. The molecule has 2 aliphatic heterocycles. The minimum atomic E-state index is -3.05. The summed E-state index contributed by atoms with van der Waals surface area (Å²) in [5.74, 6) is 0.922. The maximum atomic E-state index is 12.2. The van der Waals surface area contributed by atoms with E-state index in [0.717, 1.165) is 19.4 Å². The highest BCUT2D eigenvalue weighted by Gasteiger charge is 2.28. The quantitative estimate of drug-likeness (QED) is 0.705. The van der Waals surface area contributed by atoms with Crippen LogP contribution in [0, 0.1) is 5.92 Å². The summed E-state index contributed by atoms with van der Waals surface area (Å²) in [7, 11) is -3.05. The smallest absolute Gasteiger partial charge is 0.215 e. The summed E-state index contributed by atoms with van der Waals surface area (Å²) in [4.78, 5) is 2.54. The van der Waals surface area contributed by atoms with E-state index in [0.29, 0.717) is 25.6 Å². The Balaban J connectivity index is 1.72. The van der Waals surface area contributed by atoms with Gasteiger partial charge >= 0.3 is 0 Å². The summed E-state index contributed by atoms with van der Waals surface area (Å²) < 4.78 is 26.1. The molecule has 0 aromatic carbocycles. The highest BCUT2D eigenvalue weighted by Crippen LogP contribution is 2.22. The Hall–Kier alpha value is -0.170. The Bertz CT molecular complexity index is 372. The van der Waals surface area contributed by atoms with E-state index in [1.54, 1.807) is 4.31 Å². The van der Waals surface area contributed by atoms with E-state index < -0.39 is 10.0 Å². The molecule has 0 bridgehead atoms. The van der Waals surface area contributed by atoms with Crippen LogP contribution in [0.3, 0.4) is 0 Å². The van der Waals surface area contributed by atoms with Crippen molar-refractivity contribution in [2.45, 2.75) is 32.6 Å². The molecule has 0 aliphatic carbocycles. The second-order valence-electron chi connectivity index (χ2n) is 6.02. The average molecular weight is 303 g/mol. The molecule has 0 radical (unpaired) electrons. The van der Waals surface area contributed by atoms with Crippen molar-refractivity contribution < 1.29 is 8.42 Å². The third-order valence-electron chi connectivity index (χ3n) is 4.47. The van der Waals surface area contributed by atoms with Gasteiger partial charge < -0.3 is 10.2 Å². The molecule has 0 aromatic rings. The SMILES string of the molecule is CCNCCS(=O)(=O)N1CCC(CN2CCCC2)CC1. The molecule has 6 heteroatoms. The van der Waals surface area contributed by atoms with Crippen molar-refractivity contribution in [1.29, 1.82) is 0 Å². The summed E-state index contributed by atoms with van der Waals surface area (Å²) >= 11 is 0. The van der Waals surface area contributed by atoms with Crippen LogP contribution in [0.4, 0.5) is 0 Å². The summed E-state index contributed by atoms with van der Waals surface area (Å²) in [5, 5.41) is 3.09. The van der Waals surface area contributed by atoms with Gasteiger partial charge in [0.15, 0.2) is 0 Å². The van der Waals surface area contributed by atoms with Crippen molar-refractivity contribution in [2.75, 3.05) is 51.6 Å². The number of hydrogen-bond donors (Lipinski definition) is 1. The minimum absolute atomic E-state index is 0.234. The fraction of sp³-hybridized carbons (Fsp3) is 1.00. The van der Waals surface area contributed by atoms with Crippen molar-refractivity contribution >= 4 is 10.0 Å². The first-order valence-corrected chi connectivity index (χ1v) is 9.63. The molecule has 2 heterocycles. The monoisotopic (exact) mass is 303 g/mol. The van der Waals surface area contributed by atoms with Gasteiger partial charge in [0.25, 0.3) is 0 Å². The lowest BCUT2D eigenvalue weighted by Crippen LogP contribution is -2.43. The van der Waals surface area contributed by atoms with E-state index in [-0.39, 0.29) is 5.75 Å². The first kappa shape index (κ1) is 16.2. The van der Waals surface area contributed by atoms with Gasteiger partial charge in [0.2, 0.25) is 10.0 Å². The van der Waals surface area contributed by atoms with E-state index in [9.17, 15) is 8.42 Å². The number of nitrogens with zero attached hydrogens (tertiary/aromatic N) is 2. The molecule has 0 aromatic heterocycles. The lowest BCUT2D eigenvalue weighted by atomic mass is 9.98. The summed E-state index contributed by atoms with van der Waals surface area (Å²) in [6, 6.07) is 0. The van der Waals surface area contributed by atoms with E-state index in [1.807, 2.05) is 6.92 Å². The van der Waals surface area contributed by atoms with Crippen LogP contribution in [0.1, 0.15) is 32.6 Å². The van der Waals surface area contributed by atoms with Gasteiger partial charge in [0.05, 0.1) is 5.75 Å².